The zero-order chi connectivity index (χ0) is 8.85. The summed E-state index contributed by atoms with van der Waals surface area (Å²) >= 11 is 0. The molecular weight excluding hydrogens is 254 g/mol. The van der Waals surface area contributed by atoms with Gasteiger partial charge in [-0.2, -0.15) is 0 Å². The molecule has 0 aliphatic heterocycles. The van der Waals surface area contributed by atoms with Gasteiger partial charge in [0.25, 0.3) is 6.29 Å². The third-order valence-corrected chi connectivity index (χ3v) is 1.37. The summed E-state index contributed by atoms with van der Waals surface area (Å²) in [6.45, 7) is -0.855. The maximum atomic E-state index is 9.78. The Morgan fingerprint density at radius 2 is 1.58 bits per heavy atom. The Bertz CT molecular complexity index is 145. The van der Waals surface area contributed by atoms with Gasteiger partial charge in [0.15, 0.2) is 0 Å². The Balaban J connectivity index is 0. The Kier molecular flexibility index (Phi) is 10.2. The van der Waals surface area contributed by atoms with Crippen LogP contribution in [0.1, 0.15) is 0 Å². The van der Waals surface area contributed by atoms with Crippen molar-refractivity contribution in [1.29, 1.82) is 0 Å². The normalized spacial score (nSPS) is 14.6. The van der Waals surface area contributed by atoms with Crippen molar-refractivity contribution >= 4 is 16.5 Å². The van der Waals surface area contributed by atoms with E-state index in [0.29, 0.717) is 0 Å². The van der Waals surface area contributed by atoms with E-state index in [0.717, 1.165) is 0 Å². The fraction of sp³-hybridized carbons (Fsp3) is 1.00. The number of hydrogen-bond acceptors (Lipinski definition) is 7. The second kappa shape index (κ2) is 8.13. The van der Waals surface area contributed by atoms with Crippen LogP contribution in [0.2, 0.25) is 0 Å². The number of hydrogen-bond donors (Lipinski definition) is 1. The molecule has 0 radical (unpaired) electrons. The molecule has 2 unspecified atom stereocenters. The Morgan fingerprint density at radius 3 is 1.75 bits per heavy atom. The minimum Gasteiger partial charge on any atom is -0.566 e. The van der Waals surface area contributed by atoms with Gasteiger partial charge in [-0.25, -0.2) is 0 Å². The van der Waals surface area contributed by atoms with Crippen LogP contribution in [-0.4, -0.2) is 18.0 Å². The van der Waals surface area contributed by atoms with E-state index in [4.69, 9.17) is 5.11 Å². The fourth-order valence-electron chi connectivity index (χ4n) is 0.278. The third-order valence-electron chi connectivity index (χ3n) is 0.556. The molecular formula is C2H4FeO7P2+2. The first-order valence-corrected chi connectivity index (χ1v) is 4.48. The topological polar surface area (TPSA) is 119 Å². The van der Waals surface area contributed by atoms with Gasteiger partial charge in [-0.1, -0.05) is 0 Å². The predicted molar refractivity (Wildman–Crippen MR) is 28.3 cm³/mol. The zero-order valence-electron chi connectivity index (χ0n) is 5.43. The SMILES string of the molecule is O=[P+]([O-])OC(CO)O[P+](=O)[O-].[Fe+2]. The molecule has 0 rings (SSSR count). The molecule has 2 atom stereocenters. The van der Waals surface area contributed by atoms with Crippen molar-refractivity contribution in [2.45, 2.75) is 6.29 Å². The maximum Gasteiger partial charge on any atom is 2.00 e. The van der Waals surface area contributed by atoms with Crippen LogP contribution in [0.5, 0.6) is 0 Å². The third kappa shape index (κ3) is 8.61. The molecule has 1 N–H and O–H groups in total. The summed E-state index contributed by atoms with van der Waals surface area (Å²) in [6.07, 6.45) is -1.67. The van der Waals surface area contributed by atoms with E-state index in [1.54, 1.807) is 0 Å². The summed E-state index contributed by atoms with van der Waals surface area (Å²) < 4.78 is 27.2. The summed E-state index contributed by atoms with van der Waals surface area (Å²) in [7, 11) is -6.46. The van der Waals surface area contributed by atoms with E-state index in [-0.39, 0.29) is 17.1 Å². The van der Waals surface area contributed by atoms with Gasteiger partial charge in [-0.3, -0.25) is 0 Å². The second-order valence-electron chi connectivity index (χ2n) is 1.27. The van der Waals surface area contributed by atoms with E-state index >= 15 is 0 Å². The predicted octanol–water partition coefficient (Wildman–Crippen LogP) is -1.63. The van der Waals surface area contributed by atoms with Gasteiger partial charge < -0.3 is 14.9 Å². The zero-order valence-corrected chi connectivity index (χ0v) is 8.32. The summed E-state index contributed by atoms with van der Waals surface area (Å²) in [6, 6.07) is 0. The summed E-state index contributed by atoms with van der Waals surface area (Å²) in [5.74, 6) is 0. The van der Waals surface area contributed by atoms with Gasteiger partial charge in [0.1, 0.15) is 6.61 Å². The van der Waals surface area contributed by atoms with Crippen molar-refractivity contribution in [3.05, 3.63) is 0 Å². The summed E-state index contributed by atoms with van der Waals surface area (Å²) in [4.78, 5) is 19.6. The van der Waals surface area contributed by atoms with Gasteiger partial charge in [0.2, 0.25) is 0 Å². The molecule has 7 nitrogen and oxygen atoms in total. The number of rotatable bonds is 5. The van der Waals surface area contributed by atoms with Crippen LogP contribution >= 0.6 is 16.5 Å². The number of aliphatic hydroxyl groups is 1. The average molecular weight is 258 g/mol. The molecule has 0 bridgehead atoms. The van der Waals surface area contributed by atoms with Crippen molar-refractivity contribution in [3.8, 4) is 0 Å². The summed E-state index contributed by atoms with van der Waals surface area (Å²) in [5.41, 5.74) is 0. The molecule has 0 saturated heterocycles. The monoisotopic (exact) mass is 258 g/mol. The van der Waals surface area contributed by atoms with Crippen LogP contribution in [0.15, 0.2) is 0 Å². The molecule has 0 aromatic heterocycles. The van der Waals surface area contributed by atoms with Gasteiger partial charge in [-0.05, 0) is 9.13 Å². The molecule has 0 amide bonds. The first-order chi connectivity index (χ1) is 5.06. The first kappa shape index (κ1) is 15.0. The minimum atomic E-state index is -3.23. The molecule has 0 saturated carbocycles. The van der Waals surface area contributed by atoms with Crippen molar-refractivity contribution in [2.24, 2.45) is 0 Å². The van der Waals surface area contributed by atoms with Crippen LogP contribution in [-0.2, 0) is 35.2 Å². The van der Waals surface area contributed by atoms with Crippen LogP contribution in [0.3, 0.4) is 0 Å². The molecule has 0 aromatic rings. The molecule has 0 aliphatic carbocycles. The van der Waals surface area contributed by atoms with Gasteiger partial charge in [-0.15, -0.1) is 9.05 Å². The molecule has 70 valence electrons. The quantitative estimate of drug-likeness (QED) is 0.357. The van der Waals surface area contributed by atoms with Gasteiger partial charge in [0, 0.05) is 0 Å². The largest absolute Gasteiger partial charge is 2.00 e. The van der Waals surface area contributed by atoms with Crippen LogP contribution in [0.25, 0.3) is 0 Å². The van der Waals surface area contributed by atoms with Gasteiger partial charge in [0.05, 0.1) is 0 Å². The second-order valence-corrected chi connectivity index (χ2v) is 2.59. The van der Waals surface area contributed by atoms with E-state index in [2.05, 4.69) is 9.05 Å². The van der Waals surface area contributed by atoms with E-state index < -0.39 is 29.4 Å². The van der Waals surface area contributed by atoms with Crippen LogP contribution < -0.4 is 9.79 Å². The van der Waals surface area contributed by atoms with Crippen LogP contribution in [0.4, 0.5) is 0 Å². The average Bonchev–Trinajstić information content (AvgIpc) is 1.84. The molecule has 0 spiro atoms. The molecule has 0 heterocycles. The molecule has 10 heteroatoms. The smallest absolute Gasteiger partial charge is 0.566 e. The standard InChI is InChI=1S/C2H4O7P2.Fe/c3-1-2(8-10(4)5)9-11(6)7;/h2-3H,1H2;/q;+2. The Labute approximate surface area is 80.1 Å². The first-order valence-electron chi connectivity index (χ1n) is 2.29. The van der Waals surface area contributed by atoms with Gasteiger partial charge >= 0.3 is 33.6 Å². The van der Waals surface area contributed by atoms with E-state index in [1.807, 2.05) is 0 Å². The maximum absolute atomic E-state index is 9.78. The molecule has 0 fully saturated rings. The molecule has 0 aromatic carbocycles. The van der Waals surface area contributed by atoms with Crippen LogP contribution in [0, 0.1) is 0 Å². The van der Waals surface area contributed by atoms with Crippen molar-refractivity contribution < 1.29 is 50.1 Å². The minimum absolute atomic E-state index is 0. The van der Waals surface area contributed by atoms with E-state index in [1.165, 1.54) is 0 Å². The van der Waals surface area contributed by atoms with Crippen molar-refractivity contribution in [1.82, 2.24) is 0 Å². The molecule has 0 aliphatic rings. The van der Waals surface area contributed by atoms with Crippen molar-refractivity contribution in [2.75, 3.05) is 6.61 Å². The number of aliphatic hydroxyl groups excluding tert-OH is 1. The molecule has 12 heavy (non-hydrogen) atoms. The Morgan fingerprint density at radius 1 is 1.25 bits per heavy atom. The van der Waals surface area contributed by atoms with E-state index in [9.17, 15) is 18.9 Å². The Hall–Kier alpha value is 0.519. The summed E-state index contributed by atoms with van der Waals surface area (Å²) in [5, 5.41) is 8.24. The fourth-order valence-corrected chi connectivity index (χ4v) is 0.949. The van der Waals surface area contributed by atoms with Crippen molar-refractivity contribution in [3.63, 3.8) is 0 Å².